The van der Waals surface area contributed by atoms with Crippen LogP contribution in [0.3, 0.4) is 0 Å². The third kappa shape index (κ3) is 3.08. The Bertz CT molecular complexity index is 1500. The first-order valence-corrected chi connectivity index (χ1v) is 10.6. The third-order valence-corrected chi connectivity index (χ3v) is 5.74. The molecule has 0 bridgehead atoms. The maximum Gasteiger partial charge on any atom is 0.147 e. The fourth-order valence-electron chi connectivity index (χ4n) is 4.35. The largest absolute Gasteiger partial charge is 0.292 e. The number of benzene rings is 3. The smallest absolute Gasteiger partial charge is 0.147 e. The van der Waals surface area contributed by atoms with Crippen LogP contribution in [0.4, 0.5) is 0 Å². The van der Waals surface area contributed by atoms with Crippen LogP contribution in [0.5, 0.6) is 0 Å². The fraction of sp³-hybridized carbons (Fsp3) is 0.0690. The highest BCUT2D eigenvalue weighted by Crippen LogP contribution is 2.40. The van der Waals surface area contributed by atoms with E-state index in [0.717, 1.165) is 27.8 Å². The maximum absolute atomic E-state index is 5.11. The maximum atomic E-state index is 5.11. The molecule has 2 nitrogen and oxygen atoms in total. The summed E-state index contributed by atoms with van der Waals surface area (Å²) in [5.74, 6) is 0. The van der Waals surface area contributed by atoms with E-state index in [1.165, 1.54) is 27.6 Å². The molecule has 0 radical (unpaired) electrons. The highest BCUT2D eigenvalue weighted by Gasteiger charge is 2.21. The molecule has 0 aliphatic carbocycles. The summed E-state index contributed by atoms with van der Waals surface area (Å²) in [7, 11) is 0. The van der Waals surface area contributed by atoms with Gasteiger partial charge in [0, 0.05) is 16.5 Å². The molecule has 5 rings (SSSR count). The molecule has 0 aliphatic heterocycles. The van der Waals surface area contributed by atoms with Crippen molar-refractivity contribution in [2.75, 3.05) is 0 Å². The lowest BCUT2D eigenvalue weighted by Crippen LogP contribution is -1.99. The average molecular weight is 401 g/mol. The zero-order chi connectivity index (χ0) is 21.4. The Morgan fingerprint density at radius 1 is 0.935 bits per heavy atom. The first-order valence-electron chi connectivity index (χ1n) is 10.6. The van der Waals surface area contributed by atoms with E-state index in [1.807, 2.05) is 25.1 Å². The second-order valence-corrected chi connectivity index (χ2v) is 7.75. The molecule has 0 saturated heterocycles. The molecular weight excluding hydrogens is 376 g/mol. The first-order chi connectivity index (χ1) is 15.2. The number of aryl methyl sites for hydroxylation is 1. The van der Waals surface area contributed by atoms with E-state index in [0.29, 0.717) is 0 Å². The molecular formula is C29H24N2. The van der Waals surface area contributed by atoms with Crippen LogP contribution in [-0.4, -0.2) is 9.38 Å². The van der Waals surface area contributed by atoms with Crippen LogP contribution in [0.1, 0.15) is 18.1 Å². The van der Waals surface area contributed by atoms with Crippen LogP contribution in [0.25, 0.3) is 44.3 Å². The minimum Gasteiger partial charge on any atom is -0.292 e. The minimum absolute atomic E-state index is 0.953. The van der Waals surface area contributed by atoms with Crippen LogP contribution in [-0.2, 0) is 0 Å². The summed E-state index contributed by atoms with van der Waals surface area (Å²) < 4.78 is 2.30. The van der Waals surface area contributed by atoms with Gasteiger partial charge in [-0.1, -0.05) is 85.5 Å². The summed E-state index contributed by atoms with van der Waals surface area (Å²) in [4.78, 5) is 5.11. The number of hydrogen-bond acceptors (Lipinski definition) is 1. The molecule has 0 saturated carbocycles. The van der Waals surface area contributed by atoms with Gasteiger partial charge in [0.1, 0.15) is 5.65 Å². The van der Waals surface area contributed by atoms with Crippen molar-refractivity contribution in [2.45, 2.75) is 13.8 Å². The van der Waals surface area contributed by atoms with Gasteiger partial charge >= 0.3 is 0 Å². The van der Waals surface area contributed by atoms with Gasteiger partial charge in [0.05, 0.1) is 16.6 Å². The van der Waals surface area contributed by atoms with Gasteiger partial charge in [-0.25, -0.2) is 4.98 Å². The summed E-state index contributed by atoms with van der Waals surface area (Å²) in [6.45, 7) is 8.31. The summed E-state index contributed by atoms with van der Waals surface area (Å²) in [6, 6.07) is 25.6. The van der Waals surface area contributed by atoms with Crippen molar-refractivity contribution in [1.82, 2.24) is 9.38 Å². The highest BCUT2D eigenvalue weighted by molar-refractivity contribution is 6.08. The van der Waals surface area contributed by atoms with Crippen molar-refractivity contribution >= 4 is 33.2 Å². The quantitative estimate of drug-likeness (QED) is 0.282. The standard InChI is InChI=1S/C29H24N2/c1-4-6-12-21(5-2)28-27(22-13-8-7-9-14-22)23-18-17-20(3)19-26(23)31-25-16-11-10-15-24(25)30-29(28)31/h4-19H,2H2,1,3H3/b6-4-,21-12+. The average Bonchev–Trinajstić information content (AvgIpc) is 3.19. The molecule has 0 N–H and O–H groups in total. The number of para-hydroxylation sites is 2. The topological polar surface area (TPSA) is 17.3 Å². The Morgan fingerprint density at radius 3 is 2.48 bits per heavy atom. The lowest BCUT2D eigenvalue weighted by atomic mass is 9.91. The number of allylic oxidation sites excluding steroid dienone is 5. The number of aromatic nitrogens is 2. The summed E-state index contributed by atoms with van der Waals surface area (Å²) in [5, 5.41) is 1.20. The molecule has 0 atom stereocenters. The van der Waals surface area contributed by atoms with E-state index in [4.69, 9.17) is 4.98 Å². The summed E-state index contributed by atoms with van der Waals surface area (Å²) in [5.41, 5.74) is 9.98. The third-order valence-electron chi connectivity index (χ3n) is 5.74. The zero-order valence-corrected chi connectivity index (χ0v) is 17.8. The Hall–Kier alpha value is -3.91. The first kappa shape index (κ1) is 19.1. The van der Waals surface area contributed by atoms with E-state index in [-0.39, 0.29) is 0 Å². The van der Waals surface area contributed by atoms with E-state index in [9.17, 15) is 0 Å². The molecule has 2 heterocycles. The van der Waals surface area contributed by atoms with Gasteiger partial charge in [0.2, 0.25) is 0 Å². The zero-order valence-electron chi connectivity index (χ0n) is 17.8. The van der Waals surface area contributed by atoms with Crippen molar-refractivity contribution in [2.24, 2.45) is 0 Å². The van der Waals surface area contributed by atoms with Crippen molar-refractivity contribution in [3.63, 3.8) is 0 Å². The number of imidazole rings is 1. The minimum atomic E-state index is 0.953. The van der Waals surface area contributed by atoms with Crippen LogP contribution in [0, 0.1) is 6.92 Å². The Balaban J connectivity index is 2.10. The van der Waals surface area contributed by atoms with Crippen molar-refractivity contribution in [3.8, 4) is 11.1 Å². The Morgan fingerprint density at radius 2 is 1.71 bits per heavy atom. The van der Waals surface area contributed by atoms with E-state index in [1.54, 1.807) is 0 Å². The monoisotopic (exact) mass is 400 g/mol. The molecule has 2 aromatic heterocycles. The second-order valence-electron chi connectivity index (χ2n) is 7.75. The lowest BCUT2D eigenvalue weighted by Gasteiger charge is -2.18. The SMILES string of the molecule is C=C/C(=C\C=C/C)c1c(-c2ccccc2)c2ccc(C)cc2n2c1nc1ccccc12. The van der Waals surface area contributed by atoms with Crippen molar-refractivity contribution in [1.29, 1.82) is 0 Å². The van der Waals surface area contributed by atoms with Gasteiger partial charge in [-0.3, -0.25) is 4.40 Å². The van der Waals surface area contributed by atoms with Crippen LogP contribution in [0.15, 0.2) is 104 Å². The Kier molecular flexibility index (Phi) is 4.76. The Labute approximate surface area is 182 Å². The van der Waals surface area contributed by atoms with Gasteiger partial charge in [-0.2, -0.15) is 0 Å². The van der Waals surface area contributed by atoms with Gasteiger partial charge < -0.3 is 0 Å². The predicted octanol–water partition coefficient (Wildman–Crippen LogP) is 7.76. The molecule has 3 aromatic carbocycles. The lowest BCUT2D eigenvalue weighted by molar-refractivity contribution is 1.28. The van der Waals surface area contributed by atoms with Gasteiger partial charge in [-0.15, -0.1) is 0 Å². The highest BCUT2D eigenvalue weighted by atomic mass is 15.0. The number of hydrogen-bond donors (Lipinski definition) is 0. The molecule has 5 aromatic rings. The van der Waals surface area contributed by atoms with Crippen molar-refractivity contribution < 1.29 is 0 Å². The normalized spacial score (nSPS) is 12.4. The van der Waals surface area contributed by atoms with Gasteiger partial charge in [0.15, 0.2) is 0 Å². The summed E-state index contributed by atoms with van der Waals surface area (Å²) >= 11 is 0. The number of pyridine rings is 1. The fourth-order valence-corrected chi connectivity index (χ4v) is 4.35. The molecule has 0 aliphatic rings. The number of nitrogens with zero attached hydrogens (tertiary/aromatic N) is 2. The molecule has 2 heteroatoms. The molecule has 150 valence electrons. The van der Waals surface area contributed by atoms with Crippen LogP contribution >= 0.6 is 0 Å². The van der Waals surface area contributed by atoms with Crippen LogP contribution < -0.4 is 0 Å². The molecule has 0 fully saturated rings. The number of fused-ring (bicyclic) bond motifs is 5. The van der Waals surface area contributed by atoms with Gasteiger partial charge in [-0.05, 0) is 48.7 Å². The number of rotatable bonds is 4. The molecule has 0 amide bonds. The molecule has 31 heavy (non-hydrogen) atoms. The van der Waals surface area contributed by atoms with Crippen molar-refractivity contribution in [3.05, 3.63) is 115 Å². The molecule has 0 spiro atoms. The molecule has 0 unspecified atom stereocenters. The van der Waals surface area contributed by atoms with Gasteiger partial charge in [0.25, 0.3) is 0 Å². The summed E-state index contributed by atoms with van der Waals surface area (Å²) in [6.07, 6.45) is 8.15. The second kappa shape index (κ2) is 7.73. The van der Waals surface area contributed by atoms with E-state index < -0.39 is 0 Å². The van der Waals surface area contributed by atoms with E-state index in [2.05, 4.69) is 96.8 Å². The van der Waals surface area contributed by atoms with E-state index >= 15 is 0 Å². The predicted molar refractivity (Wildman–Crippen MR) is 133 cm³/mol. The van der Waals surface area contributed by atoms with Crippen LogP contribution in [0.2, 0.25) is 0 Å².